The molecule has 0 unspecified atom stereocenters. The lowest BCUT2D eigenvalue weighted by Crippen LogP contribution is -2.51. The van der Waals surface area contributed by atoms with E-state index < -0.39 is 40.2 Å². The molecular formula is C28H30Cl2FN3O4S. The molecule has 0 aliphatic carbocycles. The van der Waals surface area contributed by atoms with Crippen LogP contribution in [0.15, 0.2) is 77.7 Å². The van der Waals surface area contributed by atoms with E-state index in [-0.39, 0.29) is 23.0 Å². The van der Waals surface area contributed by atoms with Gasteiger partial charge in [-0.3, -0.25) is 13.9 Å². The number of anilines is 1. The predicted octanol–water partition coefficient (Wildman–Crippen LogP) is 5.52. The van der Waals surface area contributed by atoms with Crippen LogP contribution in [0, 0.1) is 11.7 Å². The Balaban J connectivity index is 2.01. The minimum absolute atomic E-state index is 0.0652. The number of halogens is 3. The molecule has 3 aromatic rings. The number of hydrogen-bond donors (Lipinski definition) is 1. The first-order valence-corrected chi connectivity index (χ1v) is 14.4. The molecule has 3 rings (SSSR count). The third kappa shape index (κ3) is 7.94. The Morgan fingerprint density at radius 3 is 2.18 bits per heavy atom. The van der Waals surface area contributed by atoms with E-state index in [4.69, 9.17) is 23.2 Å². The summed E-state index contributed by atoms with van der Waals surface area (Å²) < 4.78 is 41.8. The molecule has 0 fully saturated rings. The standard InChI is InChI=1S/C28H30Cl2FN3O4S/c1-19(2)16-32-28(36)20(3)33(17-21-9-10-22(29)15-26(21)30)27(35)18-34(24-7-5-4-6-8-24)39(37,38)25-13-11-23(31)12-14-25/h4-15,19-20H,16-18H2,1-3H3,(H,32,36)/t20-/m0/s1. The van der Waals surface area contributed by atoms with Crippen molar-refractivity contribution < 1.29 is 22.4 Å². The summed E-state index contributed by atoms with van der Waals surface area (Å²) in [5.74, 6) is -1.44. The third-order valence-corrected chi connectivity index (χ3v) is 8.31. The number of nitrogens with one attached hydrogen (secondary N) is 1. The highest BCUT2D eigenvalue weighted by molar-refractivity contribution is 7.92. The maximum atomic E-state index is 13.8. The van der Waals surface area contributed by atoms with Crippen molar-refractivity contribution in [3.05, 3.63) is 94.2 Å². The van der Waals surface area contributed by atoms with Gasteiger partial charge in [-0.1, -0.05) is 61.3 Å². The summed E-state index contributed by atoms with van der Waals surface area (Å²) in [5, 5.41) is 3.53. The van der Waals surface area contributed by atoms with E-state index in [2.05, 4.69) is 5.32 Å². The first-order chi connectivity index (χ1) is 18.4. The van der Waals surface area contributed by atoms with E-state index in [1.807, 2.05) is 13.8 Å². The second kappa shape index (κ2) is 13.3. The number of sulfonamides is 1. The van der Waals surface area contributed by atoms with E-state index >= 15 is 0 Å². The largest absolute Gasteiger partial charge is 0.354 e. The quantitative estimate of drug-likeness (QED) is 0.317. The van der Waals surface area contributed by atoms with E-state index in [1.165, 1.54) is 11.0 Å². The van der Waals surface area contributed by atoms with Crippen LogP contribution in [0.5, 0.6) is 0 Å². The number of nitrogens with zero attached hydrogens (tertiary/aromatic N) is 2. The van der Waals surface area contributed by atoms with Crippen LogP contribution in [-0.4, -0.2) is 44.3 Å². The highest BCUT2D eigenvalue weighted by Gasteiger charge is 2.32. The Kier molecular flexibility index (Phi) is 10.4. The average Bonchev–Trinajstić information content (AvgIpc) is 2.90. The molecule has 0 aliphatic rings. The molecule has 0 spiro atoms. The van der Waals surface area contributed by atoms with E-state index in [0.29, 0.717) is 22.2 Å². The number of para-hydroxylation sites is 1. The van der Waals surface area contributed by atoms with Crippen molar-refractivity contribution in [2.24, 2.45) is 5.92 Å². The fourth-order valence-electron chi connectivity index (χ4n) is 3.73. The van der Waals surface area contributed by atoms with E-state index in [9.17, 15) is 22.4 Å². The molecule has 11 heteroatoms. The zero-order valence-electron chi connectivity index (χ0n) is 21.8. The van der Waals surface area contributed by atoms with Crippen molar-refractivity contribution in [1.29, 1.82) is 0 Å². The summed E-state index contributed by atoms with van der Waals surface area (Å²) in [6.45, 7) is 5.18. The maximum Gasteiger partial charge on any atom is 0.264 e. The second-order valence-corrected chi connectivity index (χ2v) is 12.1. The average molecular weight is 595 g/mol. The molecule has 39 heavy (non-hydrogen) atoms. The molecule has 0 bridgehead atoms. The number of carbonyl (C=O) groups is 2. The van der Waals surface area contributed by atoms with Crippen LogP contribution in [-0.2, 0) is 26.2 Å². The molecular weight excluding hydrogens is 564 g/mol. The second-order valence-electron chi connectivity index (χ2n) is 9.37. The predicted molar refractivity (Wildman–Crippen MR) is 152 cm³/mol. The van der Waals surface area contributed by atoms with Crippen molar-refractivity contribution >= 4 is 50.7 Å². The number of hydrogen-bond acceptors (Lipinski definition) is 4. The maximum absolute atomic E-state index is 13.8. The fourth-order valence-corrected chi connectivity index (χ4v) is 5.61. The topological polar surface area (TPSA) is 86.8 Å². The number of amides is 2. The van der Waals surface area contributed by atoms with Crippen molar-refractivity contribution in [1.82, 2.24) is 10.2 Å². The van der Waals surface area contributed by atoms with Crippen LogP contribution in [0.2, 0.25) is 10.0 Å². The number of rotatable bonds is 11. The van der Waals surface area contributed by atoms with Crippen LogP contribution >= 0.6 is 23.2 Å². The Morgan fingerprint density at radius 1 is 0.949 bits per heavy atom. The monoisotopic (exact) mass is 593 g/mol. The fraction of sp³-hybridized carbons (Fsp3) is 0.286. The van der Waals surface area contributed by atoms with Crippen molar-refractivity contribution in [3.63, 3.8) is 0 Å². The summed E-state index contributed by atoms with van der Waals surface area (Å²) >= 11 is 12.4. The summed E-state index contributed by atoms with van der Waals surface area (Å²) in [4.78, 5) is 27.9. The molecule has 0 radical (unpaired) electrons. The van der Waals surface area contributed by atoms with Gasteiger partial charge in [0.15, 0.2) is 0 Å². The molecule has 7 nitrogen and oxygen atoms in total. The molecule has 0 saturated carbocycles. The zero-order valence-corrected chi connectivity index (χ0v) is 24.1. The van der Waals surface area contributed by atoms with Crippen LogP contribution < -0.4 is 9.62 Å². The Bertz CT molecular complexity index is 1400. The van der Waals surface area contributed by atoms with Crippen molar-refractivity contribution in [2.45, 2.75) is 38.3 Å². The minimum Gasteiger partial charge on any atom is -0.354 e. The van der Waals surface area contributed by atoms with Gasteiger partial charge in [-0.15, -0.1) is 0 Å². The number of benzene rings is 3. The van der Waals surface area contributed by atoms with Crippen LogP contribution in [0.1, 0.15) is 26.3 Å². The lowest BCUT2D eigenvalue weighted by atomic mass is 10.1. The lowest BCUT2D eigenvalue weighted by Gasteiger charge is -2.32. The molecule has 2 amide bonds. The van der Waals surface area contributed by atoms with Gasteiger partial charge in [-0.2, -0.15) is 0 Å². The van der Waals surface area contributed by atoms with E-state index in [1.54, 1.807) is 49.4 Å². The first kappa shape index (κ1) is 30.4. The third-order valence-electron chi connectivity index (χ3n) is 5.93. The zero-order chi connectivity index (χ0) is 28.7. The van der Waals surface area contributed by atoms with Crippen LogP contribution in [0.4, 0.5) is 10.1 Å². The highest BCUT2D eigenvalue weighted by atomic mass is 35.5. The van der Waals surface area contributed by atoms with Crippen molar-refractivity contribution in [3.8, 4) is 0 Å². The molecule has 1 atom stereocenters. The van der Waals surface area contributed by atoms with Gasteiger partial charge in [0.25, 0.3) is 10.0 Å². The molecule has 0 saturated heterocycles. The number of carbonyl (C=O) groups excluding carboxylic acids is 2. The van der Waals surface area contributed by atoms with E-state index in [0.717, 1.165) is 28.6 Å². The minimum atomic E-state index is -4.28. The summed E-state index contributed by atoms with van der Waals surface area (Å²) in [5.41, 5.74) is 0.766. The molecule has 0 aromatic heterocycles. The summed E-state index contributed by atoms with van der Waals surface area (Å²) in [6, 6.07) is 16.3. The van der Waals surface area contributed by atoms with Crippen LogP contribution in [0.25, 0.3) is 0 Å². The van der Waals surface area contributed by atoms with Crippen LogP contribution in [0.3, 0.4) is 0 Å². The van der Waals surface area contributed by atoms with Gasteiger partial charge in [0.1, 0.15) is 18.4 Å². The molecule has 208 valence electrons. The smallest absolute Gasteiger partial charge is 0.264 e. The van der Waals surface area contributed by atoms with Gasteiger partial charge in [-0.05, 0) is 66.9 Å². The van der Waals surface area contributed by atoms with Gasteiger partial charge in [0, 0.05) is 23.1 Å². The summed E-state index contributed by atoms with van der Waals surface area (Å²) in [7, 11) is -4.28. The van der Waals surface area contributed by atoms with Gasteiger partial charge < -0.3 is 10.2 Å². The van der Waals surface area contributed by atoms with Gasteiger partial charge >= 0.3 is 0 Å². The molecule has 0 aliphatic heterocycles. The first-order valence-electron chi connectivity index (χ1n) is 12.2. The van der Waals surface area contributed by atoms with Gasteiger partial charge in [0.2, 0.25) is 11.8 Å². The SMILES string of the molecule is CC(C)CNC(=O)[C@H](C)N(Cc1ccc(Cl)cc1Cl)C(=O)CN(c1ccccc1)S(=O)(=O)c1ccc(F)cc1. The van der Waals surface area contributed by atoms with Gasteiger partial charge in [0.05, 0.1) is 10.6 Å². The van der Waals surface area contributed by atoms with Crippen molar-refractivity contribution in [2.75, 3.05) is 17.4 Å². The molecule has 3 aromatic carbocycles. The normalized spacial score (nSPS) is 12.2. The Hall–Kier alpha value is -3.14. The summed E-state index contributed by atoms with van der Waals surface area (Å²) in [6.07, 6.45) is 0. The Labute approximate surface area is 238 Å². The highest BCUT2D eigenvalue weighted by Crippen LogP contribution is 2.26. The van der Waals surface area contributed by atoms with Gasteiger partial charge in [-0.25, -0.2) is 12.8 Å². The molecule has 0 heterocycles. The lowest BCUT2D eigenvalue weighted by molar-refractivity contribution is -0.139. The molecule has 1 N–H and O–H groups in total. The Morgan fingerprint density at radius 2 is 1.59 bits per heavy atom.